The third kappa shape index (κ3) is 5.83. The molecule has 1 atom stereocenters. The van der Waals surface area contributed by atoms with Gasteiger partial charge in [-0.15, -0.1) is 0 Å². The standard InChI is InChI=1S/C17H38N2/c1-8-14-18-16(13-11-12-15(4)5)17(9-2,10-3)19(6)7/h15-16,18H,8-14H2,1-7H3. The van der Waals surface area contributed by atoms with Crippen molar-refractivity contribution in [2.75, 3.05) is 20.6 Å². The van der Waals surface area contributed by atoms with E-state index in [1.54, 1.807) is 0 Å². The van der Waals surface area contributed by atoms with E-state index in [4.69, 9.17) is 0 Å². The van der Waals surface area contributed by atoms with Gasteiger partial charge in [-0.3, -0.25) is 0 Å². The van der Waals surface area contributed by atoms with Crippen LogP contribution in [0.15, 0.2) is 0 Å². The Morgan fingerprint density at radius 1 is 1.00 bits per heavy atom. The van der Waals surface area contributed by atoms with E-state index in [-0.39, 0.29) is 0 Å². The molecule has 0 aliphatic rings. The summed E-state index contributed by atoms with van der Waals surface area (Å²) in [4.78, 5) is 2.45. The number of hydrogen-bond donors (Lipinski definition) is 1. The Hall–Kier alpha value is -0.0800. The maximum atomic E-state index is 3.83. The van der Waals surface area contributed by atoms with Gasteiger partial charge in [0.15, 0.2) is 0 Å². The zero-order valence-corrected chi connectivity index (χ0v) is 14.6. The first kappa shape index (κ1) is 18.9. The lowest BCUT2D eigenvalue weighted by Crippen LogP contribution is -2.58. The molecular weight excluding hydrogens is 232 g/mol. The molecule has 2 heteroatoms. The van der Waals surface area contributed by atoms with Crippen molar-refractivity contribution in [1.29, 1.82) is 0 Å². The summed E-state index contributed by atoms with van der Waals surface area (Å²) in [5.41, 5.74) is 0.312. The number of nitrogens with zero attached hydrogens (tertiary/aromatic N) is 1. The minimum Gasteiger partial charge on any atom is -0.312 e. The molecule has 0 radical (unpaired) electrons. The summed E-state index contributed by atoms with van der Waals surface area (Å²) in [5.74, 6) is 0.823. The van der Waals surface area contributed by atoms with Crippen LogP contribution in [0.1, 0.15) is 73.1 Å². The highest BCUT2D eigenvalue weighted by Crippen LogP contribution is 2.29. The van der Waals surface area contributed by atoms with Crippen LogP contribution in [-0.4, -0.2) is 37.1 Å². The average Bonchev–Trinajstić information content (AvgIpc) is 2.36. The Morgan fingerprint density at radius 3 is 1.95 bits per heavy atom. The van der Waals surface area contributed by atoms with Gasteiger partial charge in [-0.25, -0.2) is 0 Å². The summed E-state index contributed by atoms with van der Waals surface area (Å²) < 4.78 is 0. The first-order valence-electron chi connectivity index (χ1n) is 8.35. The molecule has 1 N–H and O–H groups in total. The fourth-order valence-corrected chi connectivity index (χ4v) is 3.30. The van der Waals surface area contributed by atoms with Crippen LogP contribution in [0.25, 0.3) is 0 Å². The lowest BCUT2D eigenvalue weighted by atomic mass is 9.80. The first-order valence-corrected chi connectivity index (χ1v) is 8.35. The van der Waals surface area contributed by atoms with Gasteiger partial charge < -0.3 is 10.2 Å². The number of rotatable bonds is 11. The Balaban J connectivity index is 4.75. The Bertz CT molecular complexity index is 207. The molecule has 0 spiro atoms. The minimum atomic E-state index is 0.312. The molecule has 2 nitrogen and oxygen atoms in total. The monoisotopic (exact) mass is 270 g/mol. The molecular formula is C17H38N2. The topological polar surface area (TPSA) is 15.3 Å². The predicted octanol–water partition coefficient (Wildman–Crippen LogP) is 4.30. The summed E-state index contributed by atoms with van der Waals surface area (Å²) in [7, 11) is 4.49. The number of hydrogen-bond acceptors (Lipinski definition) is 2. The van der Waals surface area contributed by atoms with E-state index in [9.17, 15) is 0 Å². The van der Waals surface area contributed by atoms with E-state index in [0.717, 1.165) is 12.5 Å². The van der Waals surface area contributed by atoms with Crippen molar-refractivity contribution in [3.05, 3.63) is 0 Å². The molecule has 0 saturated carbocycles. The highest BCUT2D eigenvalue weighted by atomic mass is 15.2. The summed E-state index contributed by atoms with van der Waals surface area (Å²) in [6, 6.07) is 0.621. The fourth-order valence-electron chi connectivity index (χ4n) is 3.30. The van der Waals surface area contributed by atoms with Gasteiger partial charge in [0.05, 0.1) is 0 Å². The number of nitrogens with one attached hydrogen (secondary N) is 1. The van der Waals surface area contributed by atoms with Crippen molar-refractivity contribution in [3.8, 4) is 0 Å². The van der Waals surface area contributed by atoms with Gasteiger partial charge >= 0.3 is 0 Å². The highest BCUT2D eigenvalue weighted by Gasteiger charge is 2.36. The third-order valence-electron chi connectivity index (χ3n) is 4.68. The van der Waals surface area contributed by atoms with Crippen LogP contribution in [0, 0.1) is 5.92 Å². The molecule has 1 unspecified atom stereocenters. The van der Waals surface area contributed by atoms with Crippen molar-refractivity contribution in [1.82, 2.24) is 10.2 Å². The van der Waals surface area contributed by atoms with Gasteiger partial charge in [0.2, 0.25) is 0 Å². The summed E-state index contributed by atoms with van der Waals surface area (Å²) in [6.07, 6.45) is 7.66. The van der Waals surface area contributed by atoms with Crippen molar-refractivity contribution in [3.63, 3.8) is 0 Å². The lowest BCUT2D eigenvalue weighted by molar-refractivity contribution is 0.0824. The van der Waals surface area contributed by atoms with E-state index in [0.29, 0.717) is 11.6 Å². The normalized spacial score (nSPS) is 14.4. The van der Waals surface area contributed by atoms with Crippen LogP contribution in [0.5, 0.6) is 0 Å². The van der Waals surface area contributed by atoms with Gasteiger partial charge in [0, 0.05) is 11.6 Å². The summed E-state index contributed by atoms with van der Waals surface area (Å²) >= 11 is 0. The summed E-state index contributed by atoms with van der Waals surface area (Å²) in [5, 5.41) is 3.83. The van der Waals surface area contributed by atoms with Crippen molar-refractivity contribution in [2.45, 2.75) is 84.7 Å². The second-order valence-electron chi connectivity index (χ2n) is 6.54. The average molecular weight is 271 g/mol. The van der Waals surface area contributed by atoms with Crippen LogP contribution in [0.2, 0.25) is 0 Å². The van der Waals surface area contributed by atoms with Crippen LogP contribution in [0.3, 0.4) is 0 Å². The smallest absolute Gasteiger partial charge is 0.0351 e. The van der Waals surface area contributed by atoms with Crippen molar-refractivity contribution < 1.29 is 0 Å². The SMILES string of the molecule is CCCNC(CCCC(C)C)C(CC)(CC)N(C)C. The van der Waals surface area contributed by atoms with Crippen molar-refractivity contribution >= 4 is 0 Å². The van der Waals surface area contributed by atoms with Crippen LogP contribution >= 0.6 is 0 Å². The quantitative estimate of drug-likeness (QED) is 0.602. The van der Waals surface area contributed by atoms with Gasteiger partial charge in [-0.2, -0.15) is 0 Å². The molecule has 0 aromatic heterocycles. The highest BCUT2D eigenvalue weighted by molar-refractivity contribution is 4.96. The summed E-state index contributed by atoms with van der Waals surface area (Å²) in [6.45, 7) is 12.7. The lowest BCUT2D eigenvalue weighted by Gasteiger charge is -2.46. The fraction of sp³-hybridized carbons (Fsp3) is 1.00. The molecule has 0 bridgehead atoms. The van der Waals surface area contributed by atoms with Gasteiger partial charge in [0.25, 0.3) is 0 Å². The zero-order chi connectivity index (χ0) is 14.9. The second-order valence-corrected chi connectivity index (χ2v) is 6.54. The van der Waals surface area contributed by atoms with Crippen LogP contribution < -0.4 is 5.32 Å². The largest absolute Gasteiger partial charge is 0.312 e. The number of likely N-dealkylation sites (N-methyl/N-ethyl adjacent to an activating group) is 1. The van der Waals surface area contributed by atoms with Crippen LogP contribution in [-0.2, 0) is 0 Å². The molecule has 0 heterocycles. The molecule has 0 aliphatic carbocycles. The van der Waals surface area contributed by atoms with Crippen molar-refractivity contribution in [2.24, 2.45) is 5.92 Å². The molecule has 0 aliphatic heterocycles. The molecule has 19 heavy (non-hydrogen) atoms. The molecule has 0 rings (SSSR count). The Kier molecular flexibility index (Phi) is 9.72. The molecule has 0 aromatic rings. The zero-order valence-electron chi connectivity index (χ0n) is 14.6. The van der Waals surface area contributed by atoms with Gasteiger partial charge in [0.1, 0.15) is 0 Å². The van der Waals surface area contributed by atoms with E-state index >= 15 is 0 Å². The van der Waals surface area contributed by atoms with E-state index in [2.05, 4.69) is 58.9 Å². The molecule has 0 saturated heterocycles. The van der Waals surface area contributed by atoms with Crippen LogP contribution in [0.4, 0.5) is 0 Å². The maximum absolute atomic E-state index is 3.83. The molecule has 116 valence electrons. The minimum absolute atomic E-state index is 0.312. The Labute approximate surface area is 122 Å². The molecule has 0 fully saturated rings. The maximum Gasteiger partial charge on any atom is 0.0351 e. The second kappa shape index (κ2) is 9.77. The van der Waals surface area contributed by atoms with E-state index < -0.39 is 0 Å². The predicted molar refractivity (Wildman–Crippen MR) is 87.8 cm³/mol. The van der Waals surface area contributed by atoms with Gasteiger partial charge in [-0.05, 0) is 52.2 Å². The molecule has 0 aromatic carbocycles. The van der Waals surface area contributed by atoms with Gasteiger partial charge in [-0.1, -0.05) is 47.5 Å². The molecule has 0 amide bonds. The van der Waals surface area contributed by atoms with E-state index in [1.807, 2.05) is 0 Å². The van der Waals surface area contributed by atoms with E-state index in [1.165, 1.54) is 38.5 Å². The first-order chi connectivity index (χ1) is 8.94. The third-order valence-corrected chi connectivity index (χ3v) is 4.68. The Morgan fingerprint density at radius 2 is 1.58 bits per heavy atom.